The first-order valence-corrected chi connectivity index (χ1v) is 19.4. The highest BCUT2D eigenvalue weighted by molar-refractivity contribution is 5.98. The molecule has 1 aromatic heterocycles. The largest absolute Gasteiger partial charge is 0.481 e. The topological polar surface area (TPSA) is 375 Å². The molecule has 0 aliphatic heterocycles. The van der Waals surface area contributed by atoms with Gasteiger partial charge in [0.2, 0.25) is 35.4 Å². The average molecular weight is 848 g/mol. The summed E-state index contributed by atoms with van der Waals surface area (Å²) in [5, 5.41) is 53.2. The molecule has 0 saturated carbocycles. The minimum atomic E-state index is -1.70. The van der Waals surface area contributed by atoms with Gasteiger partial charge in [-0.1, -0.05) is 38.5 Å². The summed E-state index contributed by atoms with van der Waals surface area (Å²) >= 11 is 0. The number of hydrogen-bond acceptors (Lipinski definition) is 12. The Morgan fingerprint density at radius 1 is 0.683 bits per heavy atom. The molecule has 2 rings (SSSR count). The van der Waals surface area contributed by atoms with Crippen LogP contribution in [-0.4, -0.2) is 134 Å². The highest BCUT2D eigenvalue weighted by Crippen LogP contribution is 2.20. The molecule has 1 heterocycles. The van der Waals surface area contributed by atoms with Crippen LogP contribution in [0.4, 0.5) is 0 Å². The van der Waals surface area contributed by atoms with Gasteiger partial charge in [0, 0.05) is 29.9 Å². The second-order valence-electron chi connectivity index (χ2n) is 14.4. The molecule has 0 spiro atoms. The molecule has 332 valence electrons. The van der Waals surface area contributed by atoms with Crippen LogP contribution < -0.4 is 43.4 Å². The molecule has 0 saturated heterocycles. The number of nitrogens with two attached hydrogens (primary N) is 2. The zero-order valence-corrected chi connectivity index (χ0v) is 33.7. The fourth-order valence-corrected chi connectivity index (χ4v) is 5.94. The fraction of sp³-hybridized carbons (Fsp3) is 0.553. The van der Waals surface area contributed by atoms with Gasteiger partial charge in [0.1, 0.15) is 36.3 Å². The molecule has 0 aliphatic carbocycles. The van der Waals surface area contributed by atoms with Crippen LogP contribution in [0.3, 0.4) is 0 Å². The van der Waals surface area contributed by atoms with Crippen molar-refractivity contribution in [1.82, 2.24) is 36.9 Å². The molecule has 0 fully saturated rings. The number of aromatic nitrogens is 1. The van der Waals surface area contributed by atoms with Crippen molar-refractivity contribution in [3.63, 3.8) is 0 Å². The van der Waals surface area contributed by atoms with Crippen LogP contribution in [0.25, 0.3) is 10.9 Å². The molecule has 8 atom stereocenters. The van der Waals surface area contributed by atoms with Crippen LogP contribution in [-0.2, 0) is 49.6 Å². The molecular weight excluding hydrogens is 790 g/mol. The zero-order chi connectivity index (χ0) is 45.1. The maximum Gasteiger partial charge on any atom is 0.326 e. The number of para-hydroxylation sites is 1. The van der Waals surface area contributed by atoms with Crippen molar-refractivity contribution in [3.8, 4) is 0 Å². The lowest BCUT2D eigenvalue weighted by Crippen LogP contribution is -2.60. The lowest BCUT2D eigenvalue weighted by Gasteiger charge is -2.27. The van der Waals surface area contributed by atoms with Gasteiger partial charge in [0.05, 0.1) is 19.1 Å². The second-order valence-corrected chi connectivity index (χ2v) is 14.4. The number of carbonyl (C=O) groups is 9. The molecule has 22 heteroatoms. The summed E-state index contributed by atoms with van der Waals surface area (Å²) in [5.41, 5.74) is 12.5. The summed E-state index contributed by atoms with van der Waals surface area (Å²) in [5.74, 6) is -10.7. The monoisotopic (exact) mass is 847 g/mol. The number of benzene rings is 1. The minimum absolute atomic E-state index is 0.0737. The standard InChI is InChI=1S/C38H57N9O13/c1-4-19(2)31(38(59)60)47-37(58)28(18-48)46-34(55)25(12-13-29(49)50)43-33(54)24(11-7-8-14-39)42-35(56)26(15-21-17-41-23-10-6-5-9-22(21)23)45-36(57)27(16-30(51)52)44-32(53)20(3)40/h5-6,9-10,17,19-20,24-28,31,41,48H,4,7-8,11-16,18,39-40H2,1-3H3,(H,42,56)(H,43,54)(H,44,53)(H,45,57)(H,46,55)(H,47,58)(H,49,50)(H,51,52)(H,59,60)/t19-,20-,24-,25-,26-,27-,28-,31-/m0/s1. The van der Waals surface area contributed by atoms with Crippen LogP contribution in [0.1, 0.15) is 71.3 Å². The summed E-state index contributed by atoms with van der Waals surface area (Å²) < 4.78 is 0. The summed E-state index contributed by atoms with van der Waals surface area (Å²) in [6.07, 6.45) is 0.297. The highest BCUT2D eigenvalue weighted by atomic mass is 16.4. The predicted molar refractivity (Wildman–Crippen MR) is 213 cm³/mol. The second kappa shape index (κ2) is 24.7. The van der Waals surface area contributed by atoms with Gasteiger partial charge in [-0.3, -0.25) is 38.4 Å². The third-order valence-electron chi connectivity index (χ3n) is 9.61. The predicted octanol–water partition coefficient (Wildman–Crippen LogP) is -2.44. The van der Waals surface area contributed by atoms with E-state index in [1.807, 2.05) is 0 Å². The summed E-state index contributed by atoms with van der Waals surface area (Å²) in [4.78, 5) is 118. The number of carboxylic acid groups (broad SMARTS) is 3. The molecule has 0 aliphatic rings. The number of H-pyrrole nitrogens is 1. The Labute approximate surface area is 345 Å². The number of aromatic amines is 1. The van der Waals surface area contributed by atoms with Crippen LogP contribution in [0.15, 0.2) is 30.5 Å². The van der Waals surface area contributed by atoms with Crippen LogP contribution in [0, 0.1) is 5.92 Å². The van der Waals surface area contributed by atoms with Gasteiger partial charge in [0.25, 0.3) is 0 Å². The van der Waals surface area contributed by atoms with E-state index in [4.69, 9.17) is 11.5 Å². The fourth-order valence-electron chi connectivity index (χ4n) is 5.94. The minimum Gasteiger partial charge on any atom is -0.481 e. The van der Waals surface area contributed by atoms with E-state index in [0.717, 1.165) is 0 Å². The van der Waals surface area contributed by atoms with E-state index in [9.17, 15) is 63.6 Å². The Bertz CT molecular complexity index is 1840. The van der Waals surface area contributed by atoms with Crippen LogP contribution in [0.2, 0.25) is 0 Å². The number of aliphatic hydroxyl groups excluding tert-OH is 1. The number of nitrogens with one attached hydrogen (secondary N) is 7. The quantitative estimate of drug-likeness (QED) is 0.0416. The smallest absolute Gasteiger partial charge is 0.326 e. The molecule has 1 aromatic carbocycles. The number of aliphatic hydroxyl groups is 1. The summed E-state index contributed by atoms with van der Waals surface area (Å²) in [6, 6.07) is -3.41. The van der Waals surface area contributed by atoms with E-state index in [0.29, 0.717) is 29.3 Å². The van der Waals surface area contributed by atoms with E-state index in [2.05, 4.69) is 36.9 Å². The number of fused-ring (bicyclic) bond motifs is 1. The third-order valence-corrected chi connectivity index (χ3v) is 9.61. The molecule has 2 aromatic rings. The zero-order valence-electron chi connectivity index (χ0n) is 33.7. The maximum atomic E-state index is 14.1. The SMILES string of the molecule is CC[C@H](C)[C@H](NC(=O)[C@H](CO)NC(=O)[C@H](CCC(=O)O)NC(=O)[C@H](CCCCN)NC(=O)[C@H](Cc1c[nH]c2ccccc12)NC(=O)[C@H](CC(=O)O)NC(=O)[C@H](C)N)C(=O)O. The number of unbranched alkanes of at least 4 members (excludes halogenated alkanes) is 1. The Balaban J connectivity index is 2.45. The van der Waals surface area contributed by atoms with Crippen LogP contribution in [0.5, 0.6) is 0 Å². The lowest BCUT2D eigenvalue weighted by molar-refractivity contribution is -0.144. The van der Waals surface area contributed by atoms with Crippen molar-refractivity contribution in [2.24, 2.45) is 17.4 Å². The van der Waals surface area contributed by atoms with Gasteiger partial charge in [-0.2, -0.15) is 0 Å². The van der Waals surface area contributed by atoms with Crippen molar-refractivity contribution in [3.05, 3.63) is 36.0 Å². The Morgan fingerprint density at radius 2 is 1.22 bits per heavy atom. The van der Waals surface area contributed by atoms with E-state index in [1.165, 1.54) is 6.92 Å². The molecule has 6 amide bonds. The number of carboxylic acids is 3. The van der Waals surface area contributed by atoms with Gasteiger partial charge in [-0.15, -0.1) is 0 Å². The van der Waals surface area contributed by atoms with Crippen molar-refractivity contribution in [2.45, 2.75) is 114 Å². The Morgan fingerprint density at radius 3 is 1.77 bits per heavy atom. The molecule has 60 heavy (non-hydrogen) atoms. The molecular formula is C38H57N9O13. The van der Waals surface area contributed by atoms with E-state index < -0.39 is 127 Å². The molecule has 0 bridgehead atoms. The Kier molecular flexibility index (Phi) is 20.6. The molecule has 0 radical (unpaired) electrons. The highest BCUT2D eigenvalue weighted by Gasteiger charge is 2.35. The van der Waals surface area contributed by atoms with Gasteiger partial charge in [0.15, 0.2) is 0 Å². The normalized spacial score (nSPS) is 15.1. The van der Waals surface area contributed by atoms with Gasteiger partial charge < -0.3 is 68.8 Å². The van der Waals surface area contributed by atoms with Gasteiger partial charge in [-0.25, -0.2) is 4.79 Å². The Hall–Kier alpha value is -6.13. The van der Waals surface area contributed by atoms with Gasteiger partial charge in [-0.05, 0) is 56.7 Å². The number of rotatable bonds is 27. The first-order valence-electron chi connectivity index (χ1n) is 19.4. The van der Waals surface area contributed by atoms with E-state index in [-0.39, 0.29) is 25.8 Å². The van der Waals surface area contributed by atoms with Crippen LogP contribution >= 0.6 is 0 Å². The van der Waals surface area contributed by atoms with E-state index in [1.54, 1.807) is 44.3 Å². The first-order chi connectivity index (χ1) is 28.3. The van der Waals surface area contributed by atoms with Gasteiger partial charge >= 0.3 is 17.9 Å². The van der Waals surface area contributed by atoms with Crippen molar-refractivity contribution < 1.29 is 63.6 Å². The first kappa shape index (κ1) is 50.0. The third kappa shape index (κ3) is 15.9. The number of amides is 6. The number of hydrogen-bond donors (Lipinski definition) is 13. The maximum absolute atomic E-state index is 14.1. The molecule has 15 N–H and O–H groups in total. The lowest BCUT2D eigenvalue weighted by atomic mass is 9.99. The average Bonchev–Trinajstić information content (AvgIpc) is 3.60. The number of aliphatic carboxylic acids is 3. The van der Waals surface area contributed by atoms with Crippen molar-refractivity contribution in [1.29, 1.82) is 0 Å². The molecule has 0 unspecified atom stereocenters. The van der Waals surface area contributed by atoms with Crippen molar-refractivity contribution in [2.75, 3.05) is 13.2 Å². The summed E-state index contributed by atoms with van der Waals surface area (Å²) in [7, 11) is 0. The summed E-state index contributed by atoms with van der Waals surface area (Å²) in [6.45, 7) is 3.80. The van der Waals surface area contributed by atoms with Crippen molar-refractivity contribution >= 4 is 64.3 Å². The molecule has 22 nitrogen and oxygen atoms in total. The van der Waals surface area contributed by atoms with E-state index >= 15 is 0 Å². The number of carbonyl (C=O) groups excluding carboxylic acids is 6.